The number of hydrogen-bond donors (Lipinski definition) is 1. The molecule has 0 aromatic carbocycles. The molecule has 3 heteroatoms. The minimum absolute atomic E-state index is 0.599. The number of thiophene rings is 1. The van der Waals surface area contributed by atoms with E-state index in [-0.39, 0.29) is 0 Å². The molecule has 2 heterocycles. The van der Waals surface area contributed by atoms with Gasteiger partial charge in [-0.25, -0.2) is 0 Å². The van der Waals surface area contributed by atoms with E-state index in [1.165, 1.54) is 32.1 Å². The third-order valence-corrected chi connectivity index (χ3v) is 5.53. The molecule has 3 atom stereocenters. The van der Waals surface area contributed by atoms with Gasteiger partial charge in [-0.05, 0) is 50.0 Å². The molecule has 1 aromatic rings. The fourth-order valence-corrected chi connectivity index (χ4v) is 4.47. The minimum atomic E-state index is 0.599. The van der Waals surface area contributed by atoms with Crippen molar-refractivity contribution in [2.24, 2.45) is 11.7 Å². The van der Waals surface area contributed by atoms with Crippen LogP contribution in [0, 0.1) is 5.92 Å². The topological polar surface area (TPSA) is 29.3 Å². The maximum absolute atomic E-state index is 6.03. The van der Waals surface area contributed by atoms with E-state index in [2.05, 4.69) is 29.3 Å². The SMILES string of the molecule is CC1CCCC(CN)N1C(c1cccs1)C1CC1. The number of rotatable bonds is 4. The van der Waals surface area contributed by atoms with Crippen LogP contribution in [0.25, 0.3) is 0 Å². The van der Waals surface area contributed by atoms with Crippen molar-refractivity contribution in [3.05, 3.63) is 22.4 Å². The molecule has 2 N–H and O–H groups in total. The first kappa shape index (κ1) is 12.6. The molecule has 1 aliphatic carbocycles. The predicted octanol–water partition coefficient (Wildman–Crippen LogP) is 3.40. The van der Waals surface area contributed by atoms with Gasteiger partial charge in [-0.15, -0.1) is 11.3 Å². The summed E-state index contributed by atoms with van der Waals surface area (Å²) < 4.78 is 0. The van der Waals surface area contributed by atoms with Gasteiger partial charge in [0.15, 0.2) is 0 Å². The molecule has 0 radical (unpaired) electrons. The Balaban J connectivity index is 1.87. The van der Waals surface area contributed by atoms with Crippen LogP contribution in [-0.4, -0.2) is 23.5 Å². The second-order valence-electron chi connectivity index (χ2n) is 5.91. The smallest absolute Gasteiger partial charge is 0.0475 e. The second-order valence-corrected chi connectivity index (χ2v) is 6.89. The van der Waals surface area contributed by atoms with Crippen LogP contribution in [0.2, 0.25) is 0 Å². The van der Waals surface area contributed by atoms with Crippen LogP contribution in [0.3, 0.4) is 0 Å². The van der Waals surface area contributed by atoms with E-state index < -0.39 is 0 Å². The fourth-order valence-electron chi connectivity index (χ4n) is 3.54. The normalized spacial score (nSPS) is 31.4. The summed E-state index contributed by atoms with van der Waals surface area (Å²) >= 11 is 1.93. The Kier molecular flexibility index (Phi) is 3.73. The Morgan fingerprint density at radius 3 is 2.83 bits per heavy atom. The molecule has 3 unspecified atom stereocenters. The van der Waals surface area contributed by atoms with Crippen molar-refractivity contribution in [1.29, 1.82) is 0 Å². The van der Waals surface area contributed by atoms with Crippen LogP contribution in [0.4, 0.5) is 0 Å². The Bertz CT molecular complexity index is 372. The van der Waals surface area contributed by atoms with E-state index in [0.29, 0.717) is 18.1 Å². The lowest BCUT2D eigenvalue weighted by molar-refractivity contribution is 0.0405. The van der Waals surface area contributed by atoms with Crippen molar-refractivity contribution >= 4 is 11.3 Å². The van der Waals surface area contributed by atoms with Gasteiger partial charge >= 0.3 is 0 Å². The zero-order valence-corrected chi connectivity index (χ0v) is 12.0. The quantitative estimate of drug-likeness (QED) is 0.903. The first-order valence-electron chi connectivity index (χ1n) is 7.32. The van der Waals surface area contributed by atoms with Gasteiger partial charge in [0.1, 0.15) is 0 Å². The maximum Gasteiger partial charge on any atom is 0.0475 e. The number of hydrogen-bond acceptors (Lipinski definition) is 3. The van der Waals surface area contributed by atoms with Gasteiger partial charge in [0.25, 0.3) is 0 Å². The Morgan fingerprint density at radius 2 is 2.22 bits per heavy atom. The molecule has 1 saturated carbocycles. The van der Waals surface area contributed by atoms with E-state index in [1.54, 1.807) is 4.88 Å². The van der Waals surface area contributed by atoms with E-state index in [9.17, 15) is 0 Å². The second kappa shape index (κ2) is 5.32. The average Bonchev–Trinajstić information content (AvgIpc) is 3.06. The minimum Gasteiger partial charge on any atom is -0.329 e. The van der Waals surface area contributed by atoms with Gasteiger partial charge in [-0.3, -0.25) is 4.90 Å². The van der Waals surface area contributed by atoms with Gasteiger partial charge in [0.2, 0.25) is 0 Å². The summed E-state index contributed by atoms with van der Waals surface area (Å²) in [4.78, 5) is 4.32. The van der Waals surface area contributed by atoms with Crippen molar-refractivity contribution in [2.75, 3.05) is 6.54 Å². The van der Waals surface area contributed by atoms with Gasteiger partial charge in [-0.1, -0.05) is 12.5 Å². The van der Waals surface area contributed by atoms with E-state index in [0.717, 1.165) is 12.5 Å². The average molecular weight is 264 g/mol. The monoisotopic (exact) mass is 264 g/mol. The van der Waals surface area contributed by atoms with Crippen LogP contribution in [0.15, 0.2) is 17.5 Å². The lowest BCUT2D eigenvalue weighted by Crippen LogP contribution is -2.50. The number of nitrogens with two attached hydrogens (primary N) is 1. The van der Waals surface area contributed by atoms with Crippen LogP contribution in [0.1, 0.15) is 49.9 Å². The third kappa shape index (κ3) is 2.36. The number of piperidine rings is 1. The molecule has 2 fully saturated rings. The number of likely N-dealkylation sites (tertiary alicyclic amines) is 1. The van der Waals surface area contributed by atoms with Crippen molar-refractivity contribution in [2.45, 2.75) is 57.2 Å². The van der Waals surface area contributed by atoms with Gasteiger partial charge in [0.05, 0.1) is 0 Å². The molecule has 1 saturated heterocycles. The van der Waals surface area contributed by atoms with Gasteiger partial charge < -0.3 is 5.73 Å². The molecule has 1 aliphatic heterocycles. The van der Waals surface area contributed by atoms with Crippen LogP contribution in [0.5, 0.6) is 0 Å². The summed E-state index contributed by atoms with van der Waals surface area (Å²) in [5.74, 6) is 0.887. The first-order valence-corrected chi connectivity index (χ1v) is 8.20. The third-order valence-electron chi connectivity index (χ3n) is 4.59. The van der Waals surface area contributed by atoms with Crippen molar-refractivity contribution < 1.29 is 0 Å². The first-order chi connectivity index (χ1) is 8.81. The largest absolute Gasteiger partial charge is 0.329 e. The maximum atomic E-state index is 6.03. The number of nitrogens with zero attached hydrogens (tertiary/aromatic N) is 1. The molecule has 18 heavy (non-hydrogen) atoms. The highest BCUT2D eigenvalue weighted by atomic mass is 32.1. The lowest BCUT2D eigenvalue weighted by Gasteiger charge is -2.45. The van der Waals surface area contributed by atoms with Gasteiger partial charge in [-0.2, -0.15) is 0 Å². The highest BCUT2D eigenvalue weighted by Crippen LogP contribution is 2.48. The Labute approximate surface area is 114 Å². The summed E-state index contributed by atoms with van der Waals surface area (Å²) in [6.45, 7) is 3.21. The molecule has 3 rings (SSSR count). The van der Waals surface area contributed by atoms with Gasteiger partial charge in [0, 0.05) is 29.5 Å². The van der Waals surface area contributed by atoms with Crippen molar-refractivity contribution in [3.8, 4) is 0 Å². The molecular formula is C15H24N2S. The summed E-state index contributed by atoms with van der Waals surface area (Å²) in [5, 5.41) is 2.22. The molecular weight excluding hydrogens is 240 g/mol. The standard InChI is InChI=1S/C15H24N2S/c1-11-4-2-5-13(10-16)17(11)15(12-7-8-12)14-6-3-9-18-14/h3,6,9,11-13,15H,2,4-5,7-8,10,16H2,1H3. The zero-order valence-electron chi connectivity index (χ0n) is 11.2. The Hall–Kier alpha value is -0.380. The van der Waals surface area contributed by atoms with Crippen molar-refractivity contribution in [3.63, 3.8) is 0 Å². The lowest BCUT2D eigenvalue weighted by atomic mass is 9.92. The molecule has 0 amide bonds. The van der Waals surface area contributed by atoms with E-state index >= 15 is 0 Å². The fraction of sp³-hybridized carbons (Fsp3) is 0.733. The molecule has 2 aliphatic rings. The molecule has 0 spiro atoms. The Morgan fingerprint density at radius 1 is 1.39 bits per heavy atom. The summed E-state index contributed by atoms with van der Waals surface area (Å²) in [6.07, 6.45) is 6.79. The molecule has 2 nitrogen and oxygen atoms in total. The van der Waals surface area contributed by atoms with Crippen LogP contribution in [-0.2, 0) is 0 Å². The van der Waals surface area contributed by atoms with E-state index in [1.807, 2.05) is 11.3 Å². The zero-order chi connectivity index (χ0) is 12.5. The summed E-state index contributed by atoms with van der Waals surface area (Å²) in [7, 11) is 0. The highest BCUT2D eigenvalue weighted by Gasteiger charge is 2.42. The van der Waals surface area contributed by atoms with Crippen LogP contribution >= 0.6 is 11.3 Å². The molecule has 1 aromatic heterocycles. The molecule has 100 valence electrons. The molecule has 0 bridgehead atoms. The summed E-state index contributed by atoms with van der Waals surface area (Å²) in [6, 6.07) is 6.46. The highest BCUT2D eigenvalue weighted by molar-refractivity contribution is 7.10. The van der Waals surface area contributed by atoms with Crippen LogP contribution < -0.4 is 5.73 Å². The predicted molar refractivity (Wildman–Crippen MR) is 77.8 cm³/mol. The summed E-state index contributed by atoms with van der Waals surface area (Å²) in [5.41, 5.74) is 6.03. The van der Waals surface area contributed by atoms with E-state index in [4.69, 9.17) is 5.73 Å². The van der Waals surface area contributed by atoms with Crippen molar-refractivity contribution in [1.82, 2.24) is 4.90 Å².